The highest BCUT2D eigenvalue weighted by atomic mass is 79.9. The van der Waals surface area contributed by atoms with Gasteiger partial charge < -0.3 is 11.1 Å². The molecule has 4 heteroatoms. The molecule has 1 rings (SSSR count). The largest absolute Gasteiger partial charge is 0.325 e. The van der Waals surface area contributed by atoms with E-state index in [-0.39, 0.29) is 5.91 Å². The fourth-order valence-electron chi connectivity index (χ4n) is 1.44. The van der Waals surface area contributed by atoms with Crippen LogP contribution in [0.25, 0.3) is 0 Å². The maximum Gasteiger partial charge on any atom is 0.241 e. The number of halogens is 1. The Morgan fingerprint density at radius 3 is 2.38 bits per heavy atom. The number of anilines is 1. The summed E-state index contributed by atoms with van der Waals surface area (Å²) >= 11 is 3.48. The van der Waals surface area contributed by atoms with Gasteiger partial charge in [-0.3, -0.25) is 4.79 Å². The van der Waals surface area contributed by atoms with E-state index < -0.39 is 6.04 Å². The summed E-state index contributed by atoms with van der Waals surface area (Å²) < 4.78 is 1.07. The zero-order valence-corrected chi connectivity index (χ0v) is 11.4. The third-order valence-electron chi connectivity index (χ3n) is 2.48. The minimum absolute atomic E-state index is 0.136. The highest BCUT2D eigenvalue weighted by Crippen LogP contribution is 2.25. The maximum absolute atomic E-state index is 11.6. The monoisotopic (exact) mass is 284 g/mol. The Kier molecular flexibility index (Phi) is 4.50. The second-order valence-corrected chi connectivity index (χ2v) is 4.72. The average Bonchev–Trinajstić information content (AvgIpc) is 2.24. The first-order valence-electron chi connectivity index (χ1n) is 5.29. The molecule has 1 aromatic rings. The number of amides is 1. The van der Waals surface area contributed by atoms with Crippen LogP contribution in [-0.4, -0.2) is 11.9 Å². The normalized spacial score (nSPS) is 12.3. The van der Waals surface area contributed by atoms with Gasteiger partial charge in [0.15, 0.2) is 0 Å². The van der Waals surface area contributed by atoms with E-state index in [4.69, 9.17) is 5.73 Å². The molecular formula is C12H17BrN2O. The number of hydrogen-bond acceptors (Lipinski definition) is 2. The lowest BCUT2D eigenvalue weighted by atomic mass is 10.1. The van der Waals surface area contributed by atoms with E-state index in [1.807, 2.05) is 32.9 Å². The Morgan fingerprint density at radius 1 is 1.44 bits per heavy atom. The van der Waals surface area contributed by atoms with Crippen molar-refractivity contribution < 1.29 is 4.79 Å². The van der Waals surface area contributed by atoms with Crippen LogP contribution in [0.15, 0.2) is 16.6 Å². The quantitative estimate of drug-likeness (QED) is 0.897. The molecule has 88 valence electrons. The highest BCUT2D eigenvalue weighted by Gasteiger charge is 2.11. The third kappa shape index (κ3) is 3.06. The molecule has 0 unspecified atom stereocenters. The molecule has 0 fully saturated rings. The van der Waals surface area contributed by atoms with Crippen LogP contribution in [0.2, 0.25) is 0 Å². The molecule has 1 aromatic carbocycles. The van der Waals surface area contributed by atoms with E-state index >= 15 is 0 Å². The number of benzene rings is 1. The number of aryl methyl sites for hydroxylation is 2. The van der Waals surface area contributed by atoms with Gasteiger partial charge in [-0.05, 0) is 43.5 Å². The van der Waals surface area contributed by atoms with Crippen LogP contribution >= 0.6 is 15.9 Å². The predicted molar refractivity (Wildman–Crippen MR) is 70.5 cm³/mol. The molecule has 0 aliphatic carbocycles. The summed E-state index contributed by atoms with van der Waals surface area (Å²) in [7, 11) is 0. The minimum atomic E-state index is -0.441. The van der Waals surface area contributed by atoms with Crippen LogP contribution in [0, 0.1) is 13.8 Å². The number of carbonyl (C=O) groups excluding carboxylic acids is 1. The van der Waals surface area contributed by atoms with Crippen molar-refractivity contribution in [1.82, 2.24) is 0 Å². The topological polar surface area (TPSA) is 55.1 Å². The molecule has 0 spiro atoms. The van der Waals surface area contributed by atoms with E-state index in [2.05, 4.69) is 21.2 Å². The van der Waals surface area contributed by atoms with Gasteiger partial charge in [0.05, 0.1) is 6.04 Å². The standard InChI is InChI=1S/C12H17BrN2O/c1-4-10(14)12(16)15-9-5-7(2)11(13)8(3)6-9/h5-6,10H,4,14H2,1-3H3,(H,15,16)/t10-/m0/s1. The first-order chi connectivity index (χ1) is 7.45. The minimum Gasteiger partial charge on any atom is -0.325 e. The van der Waals surface area contributed by atoms with E-state index in [1.54, 1.807) is 0 Å². The van der Waals surface area contributed by atoms with Crippen molar-refractivity contribution in [1.29, 1.82) is 0 Å². The Morgan fingerprint density at radius 2 is 1.94 bits per heavy atom. The molecule has 0 heterocycles. The Balaban J connectivity index is 2.87. The summed E-state index contributed by atoms with van der Waals surface area (Å²) in [6, 6.07) is 3.42. The van der Waals surface area contributed by atoms with Crippen LogP contribution in [0.3, 0.4) is 0 Å². The summed E-state index contributed by atoms with van der Waals surface area (Å²) in [6.45, 7) is 5.88. The van der Waals surface area contributed by atoms with E-state index in [1.165, 1.54) is 0 Å². The second-order valence-electron chi connectivity index (χ2n) is 3.93. The van der Waals surface area contributed by atoms with Crippen molar-refractivity contribution in [2.75, 3.05) is 5.32 Å². The molecule has 1 atom stereocenters. The average molecular weight is 285 g/mol. The summed E-state index contributed by atoms with van der Waals surface area (Å²) in [5.74, 6) is -0.136. The molecule has 0 aromatic heterocycles. The maximum atomic E-state index is 11.6. The predicted octanol–water partition coefficient (Wildman–Crippen LogP) is 2.74. The molecule has 16 heavy (non-hydrogen) atoms. The lowest BCUT2D eigenvalue weighted by Gasteiger charge is -2.12. The molecular weight excluding hydrogens is 268 g/mol. The van der Waals surface area contributed by atoms with Crippen LogP contribution < -0.4 is 11.1 Å². The van der Waals surface area contributed by atoms with Crippen molar-refractivity contribution >= 4 is 27.5 Å². The molecule has 0 aliphatic rings. The van der Waals surface area contributed by atoms with Gasteiger partial charge in [-0.15, -0.1) is 0 Å². The molecule has 0 aliphatic heterocycles. The number of nitrogens with one attached hydrogen (secondary N) is 1. The van der Waals surface area contributed by atoms with Gasteiger partial charge in [-0.2, -0.15) is 0 Å². The zero-order chi connectivity index (χ0) is 12.3. The second kappa shape index (κ2) is 5.46. The zero-order valence-electron chi connectivity index (χ0n) is 9.80. The fourth-order valence-corrected chi connectivity index (χ4v) is 1.67. The van der Waals surface area contributed by atoms with E-state index in [0.29, 0.717) is 6.42 Å². The van der Waals surface area contributed by atoms with Crippen LogP contribution in [0.4, 0.5) is 5.69 Å². The number of rotatable bonds is 3. The van der Waals surface area contributed by atoms with Crippen molar-refractivity contribution in [2.45, 2.75) is 33.2 Å². The van der Waals surface area contributed by atoms with Crippen LogP contribution in [-0.2, 0) is 4.79 Å². The molecule has 0 radical (unpaired) electrons. The number of carbonyl (C=O) groups is 1. The van der Waals surface area contributed by atoms with Crippen molar-refractivity contribution in [3.63, 3.8) is 0 Å². The molecule has 0 saturated heterocycles. The number of hydrogen-bond donors (Lipinski definition) is 2. The van der Waals surface area contributed by atoms with Gasteiger partial charge in [0.2, 0.25) is 5.91 Å². The highest BCUT2D eigenvalue weighted by molar-refractivity contribution is 9.10. The van der Waals surface area contributed by atoms with E-state index in [0.717, 1.165) is 21.3 Å². The molecule has 0 saturated carbocycles. The lowest BCUT2D eigenvalue weighted by molar-refractivity contribution is -0.117. The van der Waals surface area contributed by atoms with Gasteiger partial charge in [0.1, 0.15) is 0 Å². The van der Waals surface area contributed by atoms with Crippen molar-refractivity contribution in [2.24, 2.45) is 5.73 Å². The molecule has 0 bridgehead atoms. The summed E-state index contributed by atoms with van der Waals surface area (Å²) in [6.07, 6.45) is 0.639. The molecule has 3 nitrogen and oxygen atoms in total. The molecule has 3 N–H and O–H groups in total. The Hall–Kier alpha value is -0.870. The number of nitrogens with two attached hydrogens (primary N) is 1. The summed E-state index contributed by atoms with van der Waals surface area (Å²) in [5.41, 5.74) is 8.64. The summed E-state index contributed by atoms with van der Waals surface area (Å²) in [5, 5.41) is 2.82. The summed E-state index contributed by atoms with van der Waals surface area (Å²) in [4.78, 5) is 11.6. The van der Waals surface area contributed by atoms with Gasteiger partial charge in [-0.1, -0.05) is 22.9 Å². The van der Waals surface area contributed by atoms with Crippen LogP contribution in [0.1, 0.15) is 24.5 Å². The third-order valence-corrected chi connectivity index (χ3v) is 3.73. The Labute approximate surface area is 105 Å². The Bertz CT molecular complexity index is 381. The van der Waals surface area contributed by atoms with Gasteiger partial charge >= 0.3 is 0 Å². The fraction of sp³-hybridized carbons (Fsp3) is 0.417. The first kappa shape index (κ1) is 13.2. The molecule has 1 amide bonds. The van der Waals surface area contributed by atoms with Crippen molar-refractivity contribution in [3.8, 4) is 0 Å². The van der Waals surface area contributed by atoms with Crippen molar-refractivity contribution in [3.05, 3.63) is 27.7 Å². The van der Waals surface area contributed by atoms with Gasteiger partial charge in [0, 0.05) is 10.2 Å². The van der Waals surface area contributed by atoms with Gasteiger partial charge in [-0.25, -0.2) is 0 Å². The smallest absolute Gasteiger partial charge is 0.241 e. The van der Waals surface area contributed by atoms with Crippen LogP contribution in [0.5, 0.6) is 0 Å². The first-order valence-corrected chi connectivity index (χ1v) is 6.08. The lowest BCUT2D eigenvalue weighted by Crippen LogP contribution is -2.34. The van der Waals surface area contributed by atoms with Gasteiger partial charge in [0.25, 0.3) is 0 Å². The SMILES string of the molecule is CC[C@H](N)C(=O)Nc1cc(C)c(Br)c(C)c1. The van der Waals surface area contributed by atoms with E-state index in [9.17, 15) is 4.79 Å².